The van der Waals surface area contributed by atoms with Gasteiger partial charge in [-0.15, -0.1) is 11.3 Å². The minimum absolute atomic E-state index is 0.0336. The van der Waals surface area contributed by atoms with Crippen LogP contribution in [0.15, 0.2) is 89.3 Å². The van der Waals surface area contributed by atoms with Crippen molar-refractivity contribution < 1.29 is 9.59 Å². The predicted octanol–water partition coefficient (Wildman–Crippen LogP) is 5.92. The quantitative estimate of drug-likeness (QED) is 0.246. The number of nitrogens with zero attached hydrogens (tertiary/aromatic N) is 1. The van der Waals surface area contributed by atoms with E-state index in [2.05, 4.69) is 15.6 Å². The van der Waals surface area contributed by atoms with E-state index >= 15 is 0 Å². The van der Waals surface area contributed by atoms with Gasteiger partial charge in [0.25, 0.3) is 0 Å². The number of benzene rings is 3. The summed E-state index contributed by atoms with van der Waals surface area (Å²) in [5, 5.41) is 5.90. The number of carbonyl (C=O) groups excluding carboxylic acids is 2. The summed E-state index contributed by atoms with van der Waals surface area (Å²) in [5.74, 6) is 0.0699. The molecular formula is C26H23N3O2S2. The third-order valence-corrected chi connectivity index (χ3v) is 7.03. The molecule has 166 valence electrons. The van der Waals surface area contributed by atoms with Crippen LogP contribution in [0.4, 0.5) is 5.69 Å². The van der Waals surface area contributed by atoms with E-state index in [9.17, 15) is 9.59 Å². The first kappa shape index (κ1) is 22.8. The Balaban J connectivity index is 1.32. The van der Waals surface area contributed by atoms with Crippen LogP contribution >= 0.6 is 23.1 Å². The second kappa shape index (κ2) is 10.9. The van der Waals surface area contributed by atoms with Crippen molar-refractivity contribution in [3.63, 3.8) is 0 Å². The molecule has 0 aliphatic rings. The van der Waals surface area contributed by atoms with Crippen molar-refractivity contribution in [3.8, 4) is 0 Å². The molecule has 5 nitrogen and oxygen atoms in total. The highest BCUT2D eigenvalue weighted by atomic mass is 32.2. The van der Waals surface area contributed by atoms with Crippen LogP contribution in [0.25, 0.3) is 16.3 Å². The highest BCUT2D eigenvalue weighted by Crippen LogP contribution is 2.31. The molecule has 1 unspecified atom stereocenters. The predicted molar refractivity (Wildman–Crippen MR) is 137 cm³/mol. The minimum atomic E-state index is -0.193. The van der Waals surface area contributed by atoms with E-state index in [-0.39, 0.29) is 17.9 Å². The Labute approximate surface area is 200 Å². The molecule has 0 aliphatic heterocycles. The van der Waals surface area contributed by atoms with E-state index in [0.717, 1.165) is 25.7 Å². The van der Waals surface area contributed by atoms with E-state index < -0.39 is 0 Å². The van der Waals surface area contributed by atoms with Crippen molar-refractivity contribution in [2.75, 3.05) is 11.1 Å². The molecule has 2 amide bonds. The van der Waals surface area contributed by atoms with Crippen molar-refractivity contribution in [1.82, 2.24) is 10.3 Å². The first-order chi connectivity index (χ1) is 16.1. The summed E-state index contributed by atoms with van der Waals surface area (Å²) < 4.78 is 1.78. The molecule has 1 heterocycles. The zero-order valence-corrected chi connectivity index (χ0v) is 19.7. The van der Waals surface area contributed by atoms with E-state index in [1.54, 1.807) is 6.08 Å². The number of hydrogen-bond donors (Lipinski definition) is 2. The summed E-state index contributed by atoms with van der Waals surface area (Å²) in [6, 6.07) is 25.1. The van der Waals surface area contributed by atoms with Gasteiger partial charge < -0.3 is 10.6 Å². The van der Waals surface area contributed by atoms with E-state index in [1.165, 1.54) is 29.2 Å². The van der Waals surface area contributed by atoms with E-state index in [0.29, 0.717) is 11.4 Å². The van der Waals surface area contributed by atoms with Crippen LogP contribution in [0.5, 0.6) is 0 Å². The lowest BCUT2D eigenvalue weighted by molar-refractivity contribution is -0.119. The van der Waals surface area contributed by atoms with Crippen molar-refractivity contribution in [2.45, 2.75) is 17.3 Å². The standard InChI is InChI=1S/C26H23N3O2S2/c1-18(20-10-6-3-7-11-20)27-25(31)17-32-26-29-22-14-13-21(16-23(22)33-26)28-24(30)15-12-19-8-4-2-5-9-19/h2-16,18H,17H2,1H3,(H,27,31)(H,28,30)/b15-12+. The zero-order chi connectivity index (χ0) is 23.0. The second-order valence-electron chi connectivity index (χ2n) is 7.38. The van der Waals surface area contributed by atoms with Gasteiger partial charge in [-0.25, -0.2) is 4.98 Å². The topological polar surface area (TPSA) is 71.1 Å². The molecule has 4 aromatic rings. The number of rotatable bonds is 8. The first-order valence-electron chi connectivity index (χ1n) is 10.5. The van der Waals surface area contributed by atoms with Crippen LogP contribution < -0.4 is 10.6 Å². The Morgan fingerprint density at radius 2 is 1.76 bits per heavy atom. The smallest absolute Gasteiger partial charge is 0.248 e. The van der Waals surface area contributed by atoms with Crippen molar-refractivity contribution >= 4 is 56.9 Å². The van der Waals surface area contributed by atoms with Crippen LogP contribution in [0.2, 0.25) is 0 Å². The molecule has 2 N–H and O–H groups in total. The molecule has 0 fully saturated rings. The van der Waals surface area contributed by atoms with Crippen molar-refractivity contribution in [1.29, 1.82) is 0 Å². The fraction of sp³-hybridized carbons (Fsp3) is 0.115. The minimum Gasteiger partial charge on any atom is -0.349 e. The molecule has 1 atom stereocenters. The summed E-state index contributed by atoms with van der Waals surface area (Å²) in [4.78, 5) is 29.2. The zero-order valence-electron chi connectivity index (χ0n) is 18.0. The number of aromatic nitrogens is 1. The van der Waals surface area contributed by atoms with Gasteiger partial charge >= 0.3 is 0 Å². The molecule has 0 aliphatic carbocycles. The molecular weight excluding hydrogens is 450 g/mol. The molecule has 7 heteroatoms. The maximum atomic E-state index is 12.3. The lowest BCUT2D eigenvalue weighted by Gasteiger charge is -2.13. The Bertz CT molecular complexity index is 1270. The summed E-state index contributed by atoms with van der Waals surface area (Å²) in [6.07, 6.45) is 3.29. The second-order valence-corrected chi connectivity index (χ2v) is 9.64. The van der Waals surface area contributed by atoms with Crippen molar-refractivity contribution in [3.05, 3.63) is 96.1 Å². The summed E-state index contributed by atoms with van der Waals surface area (Å²) in [5.41, 5.74) is 3.59. The SMILES string of the molecule is CC(NC(=O)CSc1nc2ccc(NC(=O)/C=C/c3ccccc3)cc2s1)c1ccccc1. The molecule has 4 rings (SSSR count). The Morgan fingerprint density at radius 1 is 1.03 bits per heavy atom. The number of fused-ring (bicyclic) bond motifs is 1. The highest BCUT2D eigenvalue weighted by Gasteiger charge is 2.12. The number of thiazole rings is 1. The maximum absolute atomic E-state index is 12.3. The van der Waals surface area contributed by atoms with Gasteiger partial charge in [0, 0.05) is 11.8 Å². The normalized spacial score (nSPS) is 12.0. The highest BCUT2D eigenvalue weighted by molar-refractivity contribution is 8.01. The molecule has 0 bridgehead atoms. The van der Waals surface area contributed by atoms with Crippen LogP contribution in [-0.4, -0.2) is 22.6 Å². The third-order valence-electron chi connectivity index (χ3n) is 4.87. The Hall–Kier alpha value is -3.42. The lowest BCUT2D eigenvalue weighted by atomic mass is 10.1. The molecule has 3 aromatic carbocycles. The van der Waals surface area contributed by atoms with E-state index in [4.69, 9.17) is 0 Å². The largest absolute Gasteiger partial charge is 0.349 e. The molecule has 0 saturated carbocycles. The van der Waals surface area contributed by atoms with Gasteiger partial charge in [0.15, 0.2) is 4.34 Å². The fourth-order valence-electron chi connectivity index (χ4n) is 3.20. The maximum Gasteiger partial charge on any atom is 0.248 e. The summed E-state index contributed by atoms with van der Waals surface area (Å²) in [7, 11) is 0. The third kappa shape index (κ3) is 6.54. The van der Waals surface area contributed by atoms with Crippen LogP contribution in [-0.2, 0) is 9.59 Å². The lowest BCUT2D eigenvalue weighted by Crippen LogP contribution is -2.28. The van der Waals surface area contributed by atoms with Gasteiger partial charge in [-0.1, -0.05) is 72.4 Å². The van der Waals surface area contributed by atoms with Gasteiger partial charge in [-0.05, 0) is 42.3 Å². The first-order valence-corrected chi connectivity index (χ1v) is 12.3. The van der Waals surface area contributed by atoms with Gasteiger partial charge in [-0.3, -0.25) is 9.59 Å². The van der Waals surface area contributed by atoms with Gasteiger partial charge in [0.05, 0.1) is 22.0 Å². The fourth-order valence-corrected chi connectivity index (χ4v) is 5.12. The monoisotopic (exact) mass is 473 g/mol. The molecule has 0 saturated heterocycles. The molecule has 33 heavy (non-hydrogen) atoms. The average Bonchev–Trinajstić information content (AvgIpc) is 3.25. The number of amides is 2. The summed E-state index contributed by atoms with van der Waals surface area (Å²) in [6.45, 7) is 1.97. The number of nitrogens with one attached hydrogen (secondary N) is 2. The summed E-state index contributed by atoms with van der Waals surface area (Å²) >= 11 is 2.92. The average molecular weight is 474 g/mol. The number of hydrogen-bond acceptors (Lipinski definition) is 5. The van der Waals surface area contributed by atoms with Gasteiger partial charge in [0.1, 0.15) is 0 Å². The van der Waals surface area contributed by atoms with E-state index in [1.807, 2.05) is 85.8 Å². The molecule has 0 spiro atoms. The number of thioether (sulfide) groups is 1. The van der Waals surface area contributed by atoms with Crippen molar-refractivity contribution in [2.24, 2.45) is 0 Å². The van der Waals surface area contributed by atoms with Crippen LogP contribution in [0.3, 0.4) is 0 Å². The molecule has 1 aromatic heterocycles. The van der Waals surface area contributed by atoms with Crippen LogP contribution in [0, 0.1) is 0 Å². The number of anilines is 1. The van der Waals surface area contributed by atoms with Gasteiger partial charge in [-0.2, -0.15) is 0 Å². The van der Waals surface area contributed by atoms with Gasteiger partial charge in [0.2, 0.25) is 11.8 Å². The van der Waals surface area contributed by atoms with Crippen LogP contribution in [0.1, 0.15) is 24.1 Å². The number of carbonyl (C=O) groups is 2. The Morgan fingerprint density at radius 3 is 2.52 bits per heavy atom. The molecule has 0 radical (unpaired) electrons. The Kier molecular flexibility index (Phi) is 7.55.